The Morgan fingerprint density at radius 2 is 0.946 bits per heavy atom. The zero-order valence-electron chi connectivity index (χ0n) is 19.8. The second-order valence-corrected chi connectivity index (χ2v) is 9.05. The van der Waals surface area contributed by atoms with Gasteiger partial charge in [-0.2, -0.15) is 0 Å². The molecule has 0 unspecified atom stereocenters. The summed E-state index contributed by atoms with van der Waals surface area (Å²) in [7, 11) is 0. The lowest BCUT2D eigenvalue weighted by Gasteiger charge is -2.13. The van der Waals surface area contributed by atoms with E-state index >= 15 is 0 Å². The molecule has 4 aromatic rings. The van der Waals surface area contributed by atoms with Gasteiger partial charge in [0, 0.05) is 24.2 Å². The standard InChI is InChI=1S/C27H26N6O2S2/c34-24(30-32-26(36)28-22-14-12-18-6-1-3-8-20(18)16-22)10-5-11-25(35)31-33-27(37)29-23-15-13-19-7-2-4-9-21(19)17-23/h1-4,6-9,12-17H,5,10-11H2,(H,30,34)(H,31,35)(H2,28,32,36)(H2,29,33,37). The van der Waals surface area contributed by atoms with E-state index in [-0.39, 0.29) is 34.9 Å². The summed E-state index contributed by atoms with van der Waals surface area (Å²) in [6.45, 7) is 0. The van der Waals surface area contributed by atoms with Gasteiger partial charge in [0.25, 0.3) is 0 Å². The molecule has 188 valence electrons. The Balaban J connectivity index is 1.10. The number of nitrogens with one attached hydrogen (secondary N) is 6. The molecule has 4 rings (SSSR count). The van der Waals surface area contributed by atoms with Crippen LogP contribution in [0.1, 0.15) is 19.3 Å². The fourth-order valence-electron chi connectivity index (χ4n) is 3.65. The van der Waals surface area contributed by atoms with Crippen molar-refractivity contribution in [3.63, 3.8) is 0 Å². The number of hydrogen-bond acceptors (Lipinski definition) is 4. The van der Waals surface area contributed by atoms with E-state index in [4.69, 9.17) is 24.4 Å². The first-order valence-corrected chi connectivity index (χ1v) is 12.5. The first-order valence-electron chi connectivity index (χ1n) is 11.7. The minimum absolute atomic E-state index is 0.152. The van der Waals surface area contributed by atoms with Crippen LogP contribution in [0.15, 0.2) is 84.9 Å². The topological polar surface area (TPSA) is 106 Å². The number of benzene rings is 4. The molecule has 0 aliphatic heterocycles. The number of hydrogen-bond donors (Lipinski definition) is 6. The zero-order chi connectivity index (χ0) is 26.0. The van der Waals surface area contributed by atoms with Crippen molar-refractivity contribution < 1.29 is 9.59 Å². The van der Waals surface area contributed by atoms with Crippen molar-refractivity contribution in [3.8, 4) is 0 Å². The van der Waals surface area contributed by atoms with Crippen LogP contribution in [0.2, 0.25) is 0 Å². The average Bonchev–Trinajstić information content (AvgIpc) is 2.90. The second-order valence-electron chi connectivity index (χ2n) is 8.23. The summed E-state index contributed by atoms with van der Waals surface area (Å²) in [5.74, 6) is -0.561. The molecule has 8 nitrogen and oxygen atoms in total. The van der Waals surface area contributed by atoms with Crippen molar-refractivity contribution in [2.24, 2.45) is 0 Å². The predicted molar refractivity (Wildman–Crippen MR) is 157 cm³/mol. The van der Waals surface area contributed by atoms with Crippen molar-refractivity contribution in [2.45, 2.75) is 19.3 Å². The predicted octanol–water partition coefficient (Wildman–Crippen LogP) is 4.50. The third-order valence-corrected chi connectivity index (χ3v) is 5.86. The van der Waals surface area contributed by atoms with E-state index in [0.717, 1.165) is 32.9 Å². The van der Waals surface area contributed by atoms with E-state index in [2.05, 4.69) is 32.3 Å². The Hall–Kier alpha value is -4.28. The van der Waals surface area contributed by atoms with E-state index in [1.165, 1.54) is 0 Å². The van der Waals surface area contributed by atoms with Crippen LogP contribution in [0.4, 0.5) is 11.4 Å². The molecule has 0 aliphatic carbocycles. The average molecular weight is 531 g/mol. The molecular weight excluding hydrogens is 504 g/mol. The minimum Gasteiger partial charge on any atom is -0.331 e. The number of fused-ring (bicyclic) bond motifs is 2. The molecule has 0 spiro atoms. The SMILES string of the molecule is O=C(CCCC(=O)NNC(=S)Nc1ccc2ccccc2c1)NNC(=S)Nc1ccc2ccccc2c1. The molecule has 0 heterocycles. The molecule has 0 bridgehead atoms. The third kappa shape index (κ3) is 7.86. The van der Waals surface area contributed by atoms with Crippen molar-refractivity contribution >= 4 is 79.4 Å². The van der Waals surface area contributed by atoms with Gasteiger partial charge in [-0.1, -0.05) is 60.7 Å². The fraction of sp³-hybridized carbons (Fsp3) is 0.111. The van der Waals surface area contributed by atoms with Crippen LogP contribution in [0.3, 0.4) is 0 Å². The van der Waals surface area contributed by atoms with Gasteiger partial charge in [0.2, 0.25) is 11.8 Å². The highest BCUT2D eigenvalue weighted by molar-refractivity contribution is 7.80. The van der Waals surface area contributed by atoms with E-state index in [0.29, 0.717) is 6.42 Å². The zero-order valence-corrected chi connectivity index (χ0v) is 21.5. The lowest BCUT2D eigenvalue weighted by molar-refractivity contribution is -0.123. The fourth-order valence-corrected chi connectivity index (χ4v) is 3.98. The van der Waals surface area contributed by atoms with Gasteiger partial charge in [0.1, 0.15) is 0 Å². The largest absolute Gasteiger partial charge is 0.331 e. The lowest BCUT2D eigenvalue weighted by atomic mass is 10.1. The number of thiocarbonyl (C=S) groups is 2. The molecule has 0 aliphatic rings. The first-order chi connectivity index (χ1) is 18.0. The summed E-state index contributed by atoms with van der Waals surface area (Å²) in [5.41, 5.74) is 12.0. The molecule has 0 atom stereocenters. The maximum absolute atomic E-state index is 12.1. The quantitative estimate of drug-likeness (QED) is 0.160. The summed E-state index contributed by atoms with van der Waals surface area (Å²) < 4.78 is 0. The molecule has 0 radical (unpaired) electrons. The van der Waals surface area contributed by atoms with Gasteiger partial charge in [-0.25, -0.2) is 0 Å². The maximum atomic E-state index is 12.1. The Labute approximate surface area is 225 Å². The normalized spacial score (nSPS) is 10.4. The van der Waals surface area contributed by atoms with Crippen LogP contribution in [0.5, 0.6) is 0 Å². The van der Waals surface area contributed by atoms with Gasteiger partial charge >= 0.3 is 0 Å². The van der Waals surface area contributed by atoms with E-state index < -0.39 is 0 Å². The molecule has 0 fully saturated rings. The van der Waals surface area contributed by atoms with E-state index in [9.17, 15) is 9.59 Å². The van der Waals surface area contributed by atoms with Crippen LogP contribution >= 0.6 is 24.4 Å². The van der Waals surface area contributed by atoms with Gasteiger partial charge in [-0.3, -0.25) is 31.3 Å². The van der Waals surface area contributed by atoms with Crippen molar-refractivity contribution in [2.75, 3.05) is 10.6 Å². The number of carbonyl (C=O) groups is 2. The minimum atomic E-state index is -0.281. The number of carbonyl (C=O) groups excluding carboxylic acids is 2. The molecule has 2 amide bonds. The van der Waals surface area contributed by atoms with E-state index in [1.807, 2.05) is 84.9 Å². The van der Waals surface area contributed by atoms with Crippen LogP contribution < -0.4 is 32.3 Å². The molecule has 0 saturated carbocycles. The molecule has 0 saturated heterocycles. The Morgan fingerprint density at radius 3 is 1.38 bits per heavy atom. The molecular formula is C27H26N6O2S2. The van der Waals surface area contributed by atoms with Gasteiger partial charge in [0.05, 0.1) is 0 Å². The number of amides is 2. The number of anilines is 2. The highest BCUT2D eigenvalue weighted by Crippen LogP contribution is 2.19. The summed E-state index contributed by atoms with van der Waals surface area (Å²) >= 11 is 10.5. The van der Waals surface area contributed by atoms with Crippen LogP contribution in [0.25, 0.3) is 21.5 Å². The van der Waals surface area contributed by atoms with Crippen molar-refractivity contribution in [1.29, 1.82) is 0 Å². The van der Waals surface area contributed by atoms with Gasteiger partial charge in [-0.05, 0) is 76.7 Å². The molecule has 4 aromatic carbocycles. The lowest BCUT2D eigenvalue weighted by Crippen LogP contribution is -2.44. The Kier molecular flexibility index (Phi) is 8.79. The van der Waals surface area contributed by atoms with Crippen molar-refractivity contribution in [1.82, 2.24) is 21.7 Å². The number of hydrazine groups is 2. The van der Waals surface area contributed by atoms with E-state index in [1.54, 1.807) is 0 Å². The maximum Gasteiger partial charge on any atom is 0.238 e. The summed E-state index contributed by atoms with van der Waals surface area (Å²) in [4.78, 5) is 24.2. The van der Waals surface area contributed by atoms with Crippen LogP contribution in [-0.2, 0) is 9.59 Å². The van der Waals surface area contributed by atoms with Crippen LogP contribution in [0, 0.1) is 0 Å². The van der Waals surface area contributed by atoms with Gasteiger partial charge < -0.3 is 10.6 Å². The van der Waals surface area contributed by atoms with Gasteiger partial charge in [-0.15, -0.1) is 0 Å². The van der Waals surface area contributed by atoms with Crippen LogP contribution in [-0.4, -0.2) is 22.0 Å². The molecule has 37 heavy (non-hydrogen) atoms. The Bertz CT molecular complexity index is 1350. The first kappa shape index (κ1) is 25.8. The summed E-state index contributed by atoms with van der Waals surface area (Å²) in [6, 6.07) is 27.7. The monoisotopic (exact) mass is 530 g/mol. The smallest absolute Gasteiger partial charge is 0.238 e. The molecule has 0 aromatic heterocycles. The summed E-state index contributed by atoms with van der Waals surface area (Å²) in [5, 5.41) is 11.0. The second kappa shape index (κ2) is 12.6. The van der Waals surface area contributed by atoms with Gasteiger partial charge in [0.15, 0.2) is 10.2 Å². The molecule has 10 heteroatoms. The Morgan fingerprint density at radius 1 is 0.541 bits per heavy atom. The highest BCUT2D eigenvalue weighted by Gasteiger charge is 2.07. The van der Waals surface area contributed by atoms with Crippen molar-refractivity contribution in [3.05, 3.63) is 84.9 Å². The molecule has 6 N–H and O–H groups in total. The number of rotatable bonds is 6. The third-order valence-electron chi connectivity index (χ3n) is 5.45. The highest BCUT2D eigenvalue weighted by atomic mass is 32.1. The summed E-state index contributed by atoms with van der Waals surface area (Å²) in [6.07, 6.45) is 0.661.